The normalized spacial score (nSPS) is 13.1. The summed E-state index contributed by atoms with van der Waals surface area (Å²) in [5.41, 5.74) is 3.49. The van der Waals surface area contributed by atoms with Gasteiger partial charge >= 0.3 is 0 Å². The maximum Gasteiger partial charge on any atom is 0.165 e. The van der Waals surface area contributed by atoms with Gasteiger partial charge in [-0.25, -0.2) is 0 Å². The van der Waals surface area contributed by atoms with Crippen molar-refractivity contribution < 1.29 is 9.53 Å². The predicted molar refractivity (Wildman–Crippen MR) is 77.9 cm³/mol. The number of ketones is 1. The van der Waals surface area contributed by atoms with Gasteiger partial charge in [0.25, 0.3) is 0 Å². The number of carbonyl (C=O) groups is 1. The molecule has 0 saturated heterocycles. The zero-order valence-electron chi connectivity index (χ0n) is 11.6. The number of methoxy groups -OCH3 is 1. The Bertz CT molecular complexity index is 684. The Morgan fingerprint density at radius 2 is 2.30 bits per heavy atom. The van der Waals surface area contributed by atoms with Crippen LogP contribution in [0.15, 0.2) is 30.6 Å². The van der Waals surface area contributed by atoms with Crippen LogP contribution in [0.2, 0.25) is 0 Å². The largest absolute Gasteiger partial charge is 0.494 e. The molecule has 0 radical (unpaired) electrons. The summed E-state index contributed by atoms with van der Waals surface area (Å²) < 4.78 is 7.69. The molecule has 0 saturated carbocycles. The first-order valence-electron chi connectivity index (χ1n) is 6.62. The summed E-state index contributed by atoms with van der Waals surface area (Å²) in [5, 5.41) is 0. The average Bonchev–Trinajstić information content (AvgIpc) is 2.82. The molecule has 3 rings (SSSR count). The van der Waals surface area contributed by atoms with E-state index in [1.165, 1.54) is 0 Å². The molecule has 1 aliphatic heterocycles. The second-order valence-electron chi connectivity index (χ2n) is 4.78. The van der Waals surface area contributed by atoms with Crippen LogP contribution in [0.1, 0.15) is 29.4 Å². The number of hydrogen-bond donors (Lipinski definition) is 0. The Kier molecular flexibility index (Phi) is 3.14. The van der Waals surface area contributed by atoms with E-state index in [-0.39, 0.29) is 5.78 Å². The van der Waals surface area contributed by atoms with Gasteiger partial charge in [-0.3, -0.25) is 9.78 Å². The second-order valence-corrected chi connectivity index (χ2v) is 4.78. The van der Waals surface area contributed by atoms with Gasteiger partial charge in [0.2, 0.25) is 0 Å². The third-order valence-electron chi connectivity index (χ3n) is 3.55. The first-order valence-corrected chi connectivity index (χ1v) is 6.62. The molecule has 20 heavy (non-hydrogen) atoms. The number of ether oxygens (including phenoxy) is 1. The van der Waals surface area contributed by atoms with Gasteiger partial charge in [-0.1, -0.05) is 6.08 Å². The highest BCUT2D eigenvalue weighted by Gasteiger charge is 2.26. The van der Waals surface area contributed by atoms with Gasteiger partial charge in [-0.05, 0) is 31.6 Å². The predicted octanol–water partition coefficient (Wildman–Crippen LogP) is 3.18. The zero-order valence-corrected chi connectivity index (χ0v) is 11.6. The Hall–Kier alpha value is -2.36. The smallest absolute Gasteiger partial charge is 0.165 e. The van der Waals surface area contributed by atoms with Crippen molar-refractivity contribution in [2.45, 2.75) is 19.9 Å². The fraction of sp³-hybridized carbons (Fsp3) is 0.250. The van der Waals surface area contributed by atoms with Crippen LogP contribution in [0.5, 0.6) is 5.75 Å². The van der Waals surface area contributed by atoms with Crippen molar-refractivity contribution in [1.82, 2.24) is 9.55 Å². The van der Waals surface area contributed by atoms with Crippen molar-refractivity contribution >= 4 is 11.9 Å². The van der Waals surface area contributed by atoms with E-state index in [1.54, 1.807) is 26.4 Å². The van der Waals surface area contributed by atoms with Gasteiger partial charge in [0, 0.05) is 24.5 Å². The van der Waals surface area contributed by atoms with Crippen molar-refractivity contribution in [3.63, 3.8) is 0 Å². The molecule has 1 aliphatic rings. The maximum absolute atomic E-state index is 12.0. The monoisotopic (exact) mass is 268 g/mol. The number of rotatable bonds is 3. The molecule has 4 nitrogen and oxygen atoms in total. The highest BCUT2D eigenvalue weighted by atomic mass is 16.5. The Morgan fingerprint density at radius 3 is 2.95 bits per heavy atom. The molecule has 0 spiro atoms. The molecule has 0 N–H and O–H groups in total. The minimum atomic E-state index is 0.0206. The molecular weight excluding hydrogens is 252 g/mol. The highest BCUT2D eigenvalue weighted by molar-refractivity contribution is 6.03. The van der Waals surface area contributed by atoms with E-state index >= 15 is 0 Å². The lowest BCUT2D eigenvalue weighted by atomic mass is 10.1. The SMILES string of the molecule is COc1c(C(C)=O)c2n(c1-c1cccnc1)CCC=C2. The van der Waals surface area contributed by atoms with Gasteiger partial charge in [0.1, 0.15) is 0 Å². The Balaban J connectivity index is 2.34. The van der Waals surface area contributed by atoms with E-state index < -0.39 is 0 Å². The molecule has 2 aromatic rings. The molecule has 0 aromatic carbocycles. The van der Waals surface area contributed by atoms with E-state index in [2.05, 4.69) is 15.6 Å². The molecule has 0 unspecified atom stereocenters. The number of nitrogens with zero attached hydrogens (tertiary/aromatic N) is 2. The van der Waals surface area contributed by atoms with Gasteiger partial charge < -0.3 is 9.30 Å². The van der Waals surface area contributed by atoms with Gasteiger partial charge in [-0.15, -0.1) is 0 Å². The molecule has 0 amide bonds. The second kappa shape index (κ2) is 4.96. The Morgan fingerprint density at radius 1 is 1.45 bits per heavy atom. The summed E-state index contributed by atoms with van der Waals surface area (Å²) >= 11 is 0. The molecule has 4 heteroatoms. The van der Waals surface area contributed by atoms with Crippen LogP contribution in [0, 0.1) is 0 Å². The minimum Gasteiger partial charge on any atom is -0.494 e. The lowest BCUT2D eigenvalue weighted by Gasteiger charge is -2.14. The topological polar surface area (TPSA) is 44.1 Å². The average molecular weight is 268 g/mol. The van der Waals surface area contributed by atoms with Crippen LogP contribution in [-0.2, 0) is 6.54 Å². The lowest BCUT2D eigenvalue weighted by Crippen LogP contribution is -2.06. The summed E-state index contributed by atoms with van der Waals surface area (Å²) in [6, 6.07) is 3.88. The summed E-state index contributed by atoms with van der Waals surface area (Å²) in [6.07, 6.45) is 8.58. The van der Waals surface area contributed by atoms with Gasteiger partial charge in [-0.2, -0.15) is 0 Å². The van der Waals surface area contributed by atoms with E-state index in [1.807, 2.05) is 18.2 Å². The fourth-order valence-corrected chi connectivity index (χ4v) is 2.75. The molecule has 0 fully saturated rings. The molecule has 0 aliphatic carbocycles. The number of carbonyl (C=O) groups excluding carboxylic acids is 1. The van der Waals surface area contributed by atoms with Crippen molar-refractivity contribution in [2.75, 3.05) is 7.11 Å². The van der Waals surface area contributed by atoms with Crippen molar-refractivity contribution in [3.8, 4) is 17.0 Å². The molecule has 102 valence electrons. The first kappa shape index (κ1) is 12.7. The molecule has 0 atom stereocenters. The van der Waals surface area contributed by atoms with Crippen LogP contribution < -0.4 is 4.74 Å². The summed E-state index contributed by atoms with van der Waals surface area (Å²) in [7, 11) is 1.61. The number of pyridine rings is 1. The van der Waals surface area contributed by atoms with Crippen LogP contribution in [0.25, 0.3) is 17.3 Å². The summed E-state index contributed by atoms with van der Waals surface area (Å²) in [4.78, 5) is 16.2. The van der Waals surface area contributed by atoms with Crippen molar-refractivity contribution in [1.29, 1.82) is 0 Å². The maximum atomic E-state index is 12.0. The number of hydrogen-bond acceptors (Lipinski definition) is 3. The summed E-state index contributed by atoms with van der Waals surface area (Å²) in [6.45, 7) is 2.42. The van der Waals surface area contributed by atoms with Gasteiger partial charge in [0.15, 0.2) is 11.5 Å². The number of aromatic nitrogens is 2. The standard InChI is InChI=1S/C16H16N2O2/c1-11(19)14-13-7-3-4-9-18(13)15(16(14)20-2)12-6-5-8-17-10-12/h3,5-8,10H,4,9H2,1-2H3. The third-order valence-corrected chi connectivity index (χ3v) is 3.55. The van der Waals surface area contributed by atoms with Crippen LogP contribution >= 0.6 is 0 Å². The molecule has 0 bridgehead atoms. The van der Waals surface area contributed by atoms with Crippen molar-refractivity contribution in [3.05, 3.63) is 41.9 Å². The number of Topliss-reactive ketones (excluding diaryl/α,β-unsaturated/α-hetero) is 1. The van der Waals surface area contributed by atoms with Crippen molar-refractivity contribution in [2.24, 2.45) is 0 Å². The van der Waals surface area contributed by atoms with Gasteiger partial charge in [0.05, 0.1) is 24.1 Å². The van der Waals surface area contributed by atoms with E-state index in [9.17, 15) is 4.79 Å². The van der Waals surface area contributed by atoms with E-state index in [0.717, 1.165) is 29.9 Å². The minimum absolute atomic E-state index is 0.0206. The quantitative estimate of drug-likeness (QED) is 0.803. The van der Waals surface area contributed by atoms with Crippen LogP contribution in [0.4, 0.5) is 0 Å². The molecule has 2 aromatic heterocycles. The number of allylic oxidation sites excluding steroid dienone is 1. The summed E-state index contributed by atoms with van der Waals surface area (Å²) in [5.74, 6) is 0.666. The van der Waals surface area contributed by atoms with E-state index in [0.29, 0.717) is 11.3 Å². The van der Waals surface area contributed by atoms with Crippen LogP contribution in [-0.4, -0.2) is 22.4 Å². The lowest BCUT2D eigenvalue weighted by molar-refractivity contribution is 0.101. The number of fused-ring (bicyclic) bond motifs is 1. The molecular formula is C16H16N2O2. The Labute approximate surface area is 117 Å². The first-order chi connectivity index (χ1) is 9.74. The van der Waals surface area contributed by atoms with E-state index in [4.69, 9.17) is 4.74 Å². The molecule has 3 heterocycles. The fourth-order valence-electron chi connectivity index (χ4n) is 2.75. The van der Waals surface area contributed by atoms with Crippen LogP contribution in [0.3, 0.4) is 0 Å². The highest BCUT2D eigenvalue weighted by Crippen LogP contribution is 2.40. The third kappa shape index (κ3) is 1.84. The zero-order chi connectivity index (χ0) is 14.1.